The first-order valence-electron chi connectivity index (χ1n) is 6.92. The molecule has 110 valence electrons. The van der Waals surface area contributed by atoms with E-state index >= 15 is 0 Å². The highest BCUT2D eigenvalue weighted by Gasteiger charge is 2.10. The van der Waals surface area contributed by atoms with E-state index in [1.807, 2.05) is 24.3 Å². The number of carbonyl (C=O) groups excluding carboxylic acids is 1. The van der Waals surface area contributed by atoms with Gasteiger partial charge in [-0.1, -0.05) is 25.5 Å². The second-order valence-electron chi connectivity index (χ2n) is 4.72. The summed E-state index contributed by atoms with van der Waals surface area (Å²) >= 11 is 0. The highest BCUT2D eigenvalue weighted by Crippen LogP contribution is 2.25. The zero-order valence-electron chi connectivity index (χ0n) is 12.2. The third-order valence-corrected chi connectivity index (χ3v) is 3.11. The fraction of sp³-hybridized carbons (Fsp3) is 0.235. The Morgan fingerprint density at radius 1 is 1.19 bits per heavy atom. The molecular formula is C17H18FNO2. The average Bonchev–Trinajstić information content (AvgIpc) is 2.50. The van der Waals surface area contributed by atoms with Gasteiger partial charge in [0, 0.05) is 12.6 Å². The molecule has 2 rings (SSSR count). The van der Waals surface area contributed by atoms with E-state index in [1.165, 1.54) is 30.8 Å². The van der Waals surface area contributed by atoms with Crippen LogP contribution in [0.15, 0.2) is 42.5 Å². The number of amides is 1. The van der Waals surface area contributed by atoms with Gasteiger partial charge in [0.05, 0.1) is 0 Å². The third-order valence-electron chi connectivity index (χ3n) is 3.11. The summed E-state index contributed by atoms with van der Waals surface area (Å²) in [6, 6.07) is 11.7. The molecule has 0 radical (unpaired) electrons. The molecule has 0 bridgehead atoms. The number of hydrogen-bond acceptors (Lipinski definition) is 2. The van der Waals surface area contributed by atoms with Gasteiger partial charge in [-0.3, -0.25) is 4.79 Å². The lowest BCUT2D eigenvalue weighted by atomic mass is 10.1. The zero-order chi connectivity index (χ0) is 15.2. The summed E-state index contributed by atoms with van der Waals surface area (Å²) in [6.07, 6.45) is 2.09. The van der Waals surface area contributed by atoms with Crippen molar-refractivity contribution in [2.45, 2.75) is 19.8 Å². The van der Waals surface area contributed by atoms with Crippen molar-refractivity contribution in [3.8, 4) is 11.5 Å². The minimum absolute atomic E-state index is 0.103. The predicted molar refractivity (Wildman–Crippen MR) is 80.3 cm³/mol. The van der Waals surface area contributed by atoms with E-state index in [2.05, 4.69) is 12.2 Å². The van der Waals surface area contributed by atoms with Crippen LogP contribution < -0.4 is 10.1 Å². The molecule has 21 heavy (non-hydrogen) atoms. The fourth-order valence-corrected chi connectivity index (χ4v) is 2.01. The Kier molecular flexibility index (Phi) is 4.93. The number of nitrogens with one attached hydrogen (secondary N) is 1. The lowest BCUT2D eigenvalue weighted by Gasteiger charge is -2.08. The molecule has 0 aliphatic heterocycles. The van der Waals surface area contributed by atoms with Gasteiger partial charge in [-0.05, 0) is 42.3 Å². The van der Waals surface area contributed by atoms with Gasteiger partial charge < -0.3 is 10.1 Å². The van der Waals surface area contributed by atoms with Crippen LogP contribution in [0, 0.1) is 5.82 Å². The van der Waals surface area contributed by atoms with Crippen LogP contribution in [-0.2, 0) is 6.42 Å². The maximum Gasteiger partial charge on any atom is 0.251 e. The topological polar surface area (TPSA) is 38.3 Å². The molecule has 2 aromatic rings. The molecule has 0 spiro atoms. The molecule has 1 N–H and O–H groups in total. The maximum atomic E-state index is 13.9. The number of benzene rings is 2. The van der Waals surface area contributed by atoms with Crippen molar-refractivity contribution in [2.24, 2.45) is 0 Å². The first-order chi connectivity index (χ1) is 10.1. The molecule has 3 nitrogen and oxygen atoms in total. The zero-order valence-corrected chi connectivity index (χ0v) is 12.2. The molecule has 0 heterocycles. The summed E-state index contributed by atoms with van der Waals surface area (Å²) in [4.78, 5) is 11.4. The number of halogens is 1. The van der Waals surface area contributed by atoms with Gasteiger partial charge in [0.25, 0.3) is 5.91 Å². The van der Waals surface area contributed by atoms with Gasteiger partial charge in [-0.15, -0.1) is 0 Å². The number of ether oxygens (including phenoxy) is 1. The van der Waals surface area contributed by atoms with Crippen molar-refractivity contribution in [1.29, 1.82) is 0 Å². The maximum absolute atomic E-state index is 13.9. The van der Waals surface area contributed by atoms with Crippen LogP contribution in [0.4, 0.5) is 4.39 Å². The standard InChI is InChI=1S/C17H18FNO2/c1-3-4-12-5-8-14(9-6-12)21-16-10-7-13(11-15(16)18)17(20)19-2/h5-11H,3-4H2,1-2H3,(H,19,20). The van der Waals surface area contributed by atoms with Crippen molar-refractivity contribution in [3.05, 3.63) is 59.4 Å². The molecule has 2 aromatic carbocycles. The monoisotopic (exact) mass is 287 g/mol. The molecule has 0 saturated heterocycles. The SMILES string of the molecule is CCCc1ccc(Oc2ccc(C(=O)NC)cc2F)cc1. The number of carbonyl (C=O) groups is 1. The highest BCUT2D eigenvalue weighted by atomic mass is 19.1. The molecule has 1 amide bonds. The summed E-state index contributed by atoms with van der Waals surface area (Å²) in [5.74, 6) is -0.217. The molecule has 0 aromatic heterocycles. The van der Waals surface area contributed by atoms with Crippen molar-refractivity contribution in [2.75, 3.05) is 7.05 Å². The van der Waals surface area contributed by atoms with Gasteiger partial charge >= 0.3 is 0 Å². The number of rotatable bonds is 5. The summed E-state index contributed by atoms with van der Waals surface area (Å²) in [7, 11) is 1.50. The van der Waals surface area contributed by atoms with Crippen LogP contribution in [0.25, 0.3) is 0 Å². The Bertz CT molecular complexity index is 623. The lowest BCUT2D eigenvalue weighted by molar-refractivity contribution is 0.0962. The molecule has 0 atom stereocenters. The largest absolute Gasteiger partial charge is 0.454 e. The predicted octanol–water partition coefficient (Wildman–Crippen LogP) is 3.93. The van der Waals surface area contributed by atoms with E-state index in [0.29, 0.717) is 5.75 Å². The van der Waals surface area contributed by atoms with E-state index in [4.69, 9.17) is 4.74 Å². The molecule has 0 fully saturated rings. The fourth-order valence-electron chi connectivity index (χ4n) is 2.01. The van der Waals surface area contributed by atoms with Crippen LogP contribution in [0.2, 0.25) is 0 Å². The first-order valence-corrected chi connectivity index (χ1v) is 6.92. The summed E-state index contributed by atoms with van der Waals surface area (Å²) in [5.41, 5.74) is 1.49. The normalized spacial score (nSPS) is 10.2. The molecule has 4 heteroatoms. The molecule has 0 aliphatic rings. The quantitative estimate of drug-likeness (QED) is 0.905. The van der Waals surface area contributed by atoms with Crippen LogP contribution in [-0.4, -0.2) is 13.0 Å². The van der Waals surface area contributed by atoms with Gasteiger partial charge in [0.2, 0.25) is 0 Å². The van der Waals surface area contributed by atoms with Gasteiger partial charge in [-0.25, -0.2) is 4.39 Å². The van der Waals surface area contributed by atoms with Crippen molar-refractivity contribution < 1.29 is 13.9 Å². The second kappa shape index (κ2) is 6.88. The van der Waals surface area contributed by atoms with Gasteiger partial charge in [0.1, 0.15) is 5.75 Å². The van der Waals surface area contributed by atoms with Crippen molar-refractivity contribution >= 4 is 5.91 Å². The van der Waals surface area contributed by atoms with Crippen LogP contribution in [0.3, 0.4) is 0 Å². The smallest absolute Gasteiger partial charge is 0.251 e. The van der Waals surface area contributed by atoms with E-state index in [1.54, 1.807) is 0 Å². The Balaban J connectivity index is 2.14. The summed E-state index contributed by atoms with van der Waals surface area (Å²) in [5, 5.41) is 2.45. The highest BCUT2D eigenvalue weighted by molar-refractivity contribution is 5.94. The van der Waals surface area contributed by atoms with E-state index in [-0.39, 0.29) is 17.2 Å². The average molecular weight is 287 g/mol. The lowest BCUT2D eigenvalue weighted by Crippen LogP contribution is -2.17. The van der Waals surface area contributed by atoms with Crippen molar-refractivity contribution in [3.63, 3.8) is 0 Å². The minimum Gasteiger partial charge on any atom is -0.454 e. The summed E-state index contributed by atoms with van der Waals surface area (Å²) in [6.45, 7) is 2.12. The number of aryl methyl sites for hydroxylation is 1. The van der Waals surface area contributed by atoms with Gasteiger partial charge in [-0.2, -0.15) is 0 Å². The Labute approximate surface area is 123 Å². The minimum atomic E-state index is -0.561. The number of hydrogen-bond donors (Lipinski definition) is 1. The molecular weight excluding hydrogens is 269 g/mol. The van der Waals surface area contributed by atoms with Crippen molar-refractivity contribution in [1.82, 2.24) is 5.32 Å². The van der Waals surface area contributed by atoms with Crippen LogP contribution in [0.5, 0.6) is 11.5 Å². The van der Waals surface area contributed by atoms with E-state index in [9.17, 15) is 9.18 Å². The van der Waals surface area contributed by atoms with Crippen LogP contribution in [0.1, 0.15) is 29.3 Å². The third kappa shape index (κ3) is 3.81. The molecule has 0 aliphatic carbocycles. The molecule has 0 unspecified atom stereocenters. The Hall–Kier alpha value is -2.36. The first kappa shape index (κ1) is 15.0. The van der Waals surface area contributed by atoms with Gasteiger partial charge in [0.15, 0.2) is 11.6 Å². The van der Waals surface area contributed by atoms with E-state index < -0.39 is 5.82 Å². The Morgan fingerprint density at radius 2 is 1.90 bits per heavy atom. The summed E-state index contributed by atoms with van der Waals surface area (Å²) < 4.78 is 19.4. The second-order valence-corrected chi connectivity index (χ2v) is 4.72. The Morgan fingerprint density at radius 3 is 2.48 bits per heavy atom. The molecule has 0 saturated carbocycles. The van der Waals surface area contributed by atoms with E-state index in [0.717, 1.165) is 12.8 Å². The van der Waals surface area contributed by atoms with Crippen LogP contribution >= 0.6 is 0 Å².